The van der Waals surface area contributed by atoms with Crippen LogP contribution in [0.15, 0.2) is 73.2 Å². The summed E-state index contributed by atoms with van der Waals surface area (Å²) in [6, 6.07) is 15.8. The molecule has 0 unspecified atom stereocenters. The molecule has 0 bridgehead atoms. The van der Waals surface area contributed by atoms with Crippen LogP contribution in [0.25, 0.3) is 11.3 Å². The first-order valence-electron chi connectivity index (χ1n) is 7.86. The van der Waals surface area contributed by atoms with Crippen molar-refractivity contribution in [1.29, 1.82) is 0 Å². The van der Waals surface area contributed by atoms with Gasteiger partial charge < -0.3 is 15.7 Å². The van der Waals surface area contributed by atoms with Gasteiger partial charge in [0.15, 0.2) is 0 Å². The van der Waals surface area contributed by atoms with Crippen LogP contribution in [-0.2, 0) is 0 Å². The highest BCUT2D eigenvalue weighted by molar-refractivity contribution is 5.89. The fourth-order valence-corrected chi connectivity index (χ4v) is 2.41. The van der Waals surface area contributed by atoms with Crippen molar-refractivity contribution in [2.45, 2.75) is 6.04 Å². The molecule has 0 radical (unpaired) electrons. The third-order valence-corrected chi connectivity index (χ3v) is 3.69. The summed E-state index contributed by atoms with van der Waals surface area (Å²) in [5.41, 5.74) is 3.16. The Morgan fingerprint density at radius 2 is 1.80 bits per heavy atom. The number of aromatic nitrogens is 2. The second-order valence-electron chi connectivity index (χ2n) is 5.41. The van der Waals surface area contributed by atoms with E-state index >= 15 is 0 Å². The number of nitrogens with zero attached hydrogens (tertiary/aromatic N) is 2. The van der Waals surface area contributed by atoms with Crippen LogP contribution >= 0.6 is 0 Å². The average molecular weight is 334 g/mol. The highest BCUT2D eigenvalue weighted by Gasteiger charge is 2.13. The SMILES string of the molecule is O=C(Nc1ccc(-c2ccncc2)nc1)N[C@@H](CO)c1ccccc1. The largest absolute Gasteiger partial charge is 0.394 e. The zero-order chi connectivity index (χ0) is 17.5. The molecule has 3 rings (SSSR count). The fraction of sp³-hybridized carbons (Fsp3) is 0.105. The number of carbonyl (C=O) groups is 1. The third kappa shape index (κ3) is 4.39. The maximum atomic E-state index is 12.1. The van der Waals surface area contributed by atoms with E-state index in [1.54, 1.807) is 24.7 Å². The van der Waals surface area contributed by atoms with E-state index in [0.29, 0.717) is 5.69 Å². The molecule has 1 atom stereocenters. The topological polar surface area (TPSA) is 87.1 Å². The summed E-state index contributed by atoms with van der Waals surface area (Å²) in [5, 5.41) is 15.0. The lowest BCUT2D eigenvalue weighted by Crippen LogP contribution is -2.34. The van der Waals surface area contributed by atoms with E-state index in [9.17, 15) is 9.90 Å². The van der Waals surface area contributed by atoms with Crippen molar-refractivity contribution in [3.8, 4) is 11.3 Å². The number of anilines is 1. The number of carbonyl (C=O) groups excluding carboxylic acids is 1. The monoisotopic (exact) mass is 334 g/mol. The molecular formula is C19H18N4O2. The first-order chi connectivity index (χ1) is 12.3. The number of pyridine rings is 2. The van der Waals surface area contributed by atoms with Crippen LogP contribution in [0.5, 0.6) is 0 Å². The van der Waals surface area contributed by atoms with Gasteiger partial charge in [-0.2, -0.15) is 0 Å². The number of aliphatic hydroxyl groups is 1. The molecule has 0 saturated heterocycles. The van der Waals surface area contributed by atoms with Crippen LogP contribution in [-0.4, -0.2) is 27.7 Å². The molecule has 0 aliphatic carbocycles. The summed E-state index contributed by atoms with van der Waals surface area (Å²) >= 11 is 0. The zero-order valence-corrected chi connectivity index (χ0v) is 13.5. The summed E-state index contributed by atoms with van der Waals surface area (Å²) in [6.07, 6.45) is 5.00. The van der Waals surface area contributed by atoms with Gasteiger partial charge in [0, 0.05) is 18.0 Å². The molecule has 0 aliphatic rings. The molecular weight excluding hydrogens is 316 g/mol. The molecule has 6 heteroatoms. The van der Waals surface area contributed by atoms with Crippen molar-refractivity contribution in [3.63, 3.8) is 0 Å². The molecule has 3 aromatic rings. The number of aliphatic hydroxyl groups excluding tert-OH is 1. The number of hydrogen-bond donors (Lipinski definition) is 3. The van der Waals surface area contributed by atoms with E-state index in [1.165, 1.54) is 0 Å². The lowest BCUT2D eigenvalue weighted by Gasteiger charge is -2.17. The molecule has 0 fully saturated rings. The predicted molar refractivity (Wildman–Crippen MR) is 95.9 cm³/mol. The van der Waals surface area contributed by atoms with Gasteiger partial charge in [-0.25, -0.2) is 4.79 Å². The van der Waals surface area contributed by atoms with Crippen molar-refractivity contribution < 1.29 is 9.90 Å². The molecule has 0 saturated carbocycles. The van der Waals surface area contributed by atoms with Crippen LogP contribution in [0.1, 0.15) is 11.6 Å². The normalized spacial score (nSPS) is 11.6. The Hall–Kier alpha value is -3.25. The molecule has 6 nitrogen and oxygen atoms in total. The van der Waals surface area contributed by atoms with E-state index in [0.717, 1.165) is 16.8 Å². The number of hydrogen-bond acceptors (Lipinski definition) is 4. The quantitative estimate of drug-likeness (QED) is 0.669. The molecule has 25 heavy (non-hydrogen) atoms. The Labute approximate surface area is 145 Å². The molecule has 2 aromatic heterocycles. The van der Waals surface area contributed by atoms with Crippen molar-refractivity contribution in [1.82, 2.24) is 15.3 Å². The summed E-state index contributed by atoms with van der Waals surface area (Å²) in [6.45, 7) is -0.184. The van der Waals surface area contributed by atoms with Crippen LogP contribution in [0.4, 0.5) is 10.5 Å². The minimum Gasteiger partial charge on any atom is -0.394 e. The predicted octanol–water partition coefficient (Wildman–Crippen LogP) is 3.00. The molecule has 2 amide bonds. The third-order valence-electron chi connectivity index (χ3n) is 3.69. The molecule has 3 N–H and O–H groups in total. The van der Waals surface area contributed by atoms with Gasteiger partial charge in [-0.3, -0.25) is 9.97 Å². The standard InChI is InChI=1S/C19H18N4O2/c24-13-18(14-4-2-1-3-5-14)23-19(25)22-16-6-7-17(21-12-16)15-8-10-20-11-9-15/h1-12,18,24H,13H2,(H2,22,23,25)/t18-/m0/s1. The smallest absolute Gasteiger partial charge is 0.319 e. The van der Waals surface area contributed by atoms with Gasteiger partial charge in [-0.05, 0) is 29.8 Å². The molecule has 0 aliphatic heterocycles. The van der Waals surface area contributed by atoms with Gasteiger partial charge in [-0.1, -0.05) is 30.3 Å². The second kappa shape index (κ2) is 8.03. The minimum absolute atomic E-state index is 0.184. The average Bonchev–Trinajstić information content (AvgIpc) is 2.68. The maximum absolute atomic E-state index is 12.1. The molecule has 2 heterocycles. The highest BCUT2D eigenvalue weighted by Crippen LogP contribution is 2.17. The van der Waals surface area contributed by atoms with Gasteiger partial charge in [0.2, 0.25) is 0 Å². The Morgan fingerprint density at radius 1 is 1.04 bits per heavy atom. The van der Waals surface area contributed by atoms with Crippen LogP contribution in [0, 0.1) is 0 Å². The Morgan fingerprint density at radius 3 is 2.44 bits per heavy atom. The lowest BCUT2D eigenvalue weighted by molar-refractivity contribution is 0.225. The lowest BCUT2D eigenvalue weighted by atomic mass is 10.1. The summed E-state index contributed by atoms with van der Waals surface area (Å²) in [7, 11) is 0. The van der Waals surface area contributed by atoms with E-state index in [-0.39, 0.29) is 6.61 Å². The van der Waals surface area contributed by atoms with Gasteiger partial charge in [0.1, 0.15) is 0 Å². The van der Waals surface area contributed by atoms with Gasteiger partial charge in [0.05, 0.1) is 30.2 Å². The van der Waals surface area contributed by atoms with E-state index < -0.39 is 12.1 Å². The van der Waals surface area contributed by atoms with Crippen molar-refractivity contribution in [2.75, 3.05) is 11.9 Å². The molecule has 1 aromatic carbocycles. The van der Waals surface area contributed by atoms with Crippen molar-refractivity contribution in [3.05, 3.63) is 78.8 Å². The molecule has 126 valence electrons. The van der Waals surface area contributed by atoms with Crippen LogP contribution in [0.2, 0.25) is 0 Å². The molecule has 0 spiro atoms. The Kier molecular flexibility index (Phi) is 5.33. The first-order valence-corrected chi connectivity index (χ1v) is 7.86. The van der Waals surface area contributed by atoms with Crippen LogP contribution in [0.3, 0.4) is 0 Å². The minimum atomic E-state index is -0.467. The maximum Gasteiger partial charge on any atom is 0.319 e. The zero-order valence-electron chi connectivity index (χ0n) is 13.5. The van der Waals surface area contributed by atoms with Crippen molar-refractivity contribution >= 4 is 11.7 Å². The van der Waals surface area contributed by atoms with E-state index in [2.05, 4.69) is 20.6 Å². The van der Waals surface area contributed by atoms with E-state index in [4.69, 9.17) is 0 Å². The Balaban J connectivity index is 1.63. The van der Waals surface area contributed by atoms with E-state index in [1.807, 2.05) is 48.5 Å². The van der Waals surface area contributed by atoms with Gasteiger partial charge in [0.25, 0.3) is 0 Å². The van der Waals surface area contributed by atoms with Crippen LogP contribution < -0.4 is 10.6 Å². The summed E-state index contributed by atoms with van der Waals surface area (Å²) in [5.74, 6) is 0. The second-order valence-corrected chi connectivity index (χ2v) is 5.41. The number of nitrogens with one attached hydrogen (secondary N) is 2. The summed E-state index contributed by atoms with van der Waals surface area (Å²) in [4.78, 5) is 20.5. The Bertz CT molecular complexity index is 808. The highest BCUT2D eigenvalue weighted by atomic mass is 16.3. The first kappa shape index (κ1) is 16.6. The number of rotatable bonds is 5. The number of amides is 2. The fourth-order valence-electron chi connectivity index (χ4n) is 2.41. The van der Waals surface area contributed by atoms with Gasteiger partial charge >= 0.3 is 6.03 Å². The number of urea groups is 1. The number of benzene rings is 1. The van der Waals surface area contributed by atoms with Gasteiger partial charge in [-0.15, -0.1) is 0 Å². The summed E-state index contributed by atoms with van der Waals surface area (Å²) < 4.78 is 0. The van der Waals surface area contributed by atoms with Crippen molar-refractivity contribution in [2.24, 2.45) is 0 Å².